The third-order valence-electron chi connectivity index (χ3n) is 5.27. The zero-order valence-electron chi connectivity index (χ0n) is 18.4. The highest BCUT2D eigenvalue weighted by Gasteiger charge is 2.13. The fourth-order valence-corrected chi connectivity index (χ4v) is 3.53. The Morgan fingerprint density at radius 3 is 1.86 bits per heavy atom. The molecule has 0 radical (unpaired) electrons. The number of urea groups is 1. The van der Waals surface area contributed by atoms with Gasteiger partial charge in [0.15, 0.2) is 0 Å². The molecule has 1 aromatic carbocycles. The highest BCUT2D eigenvalue weighted by atomic mass is 35.5. The van der Waals surface area contributed by atoms with Crippen LogP contribution in [-0.2, 0) is 0 Å². The van der Waals surface area contributed by atoms with Gasteiger partial charge in [-0.3, -0.25) is 0 Å². The quantitative estimate of drug-likeness (QED) is 0.291. The normalized spacial score (nSPS) is 10.9. The van der Waals surface area contributed by atoms with E-state index < -0.39 is 0 Å². The minimum atomic E-state index is 0.00189. The van der Waals surface area contributed by atoms with E-state index in [0.717, 1.165) is 37.2 Å². The Morgan fingerprint density at radius 1 is 0.857 bits per heavy atom. The van der Waals surface area contributed by atoms with Gasteiger partial charge in [0.05, 0.1) is 0 Å². The van der Waals surface area contributed by atoms with Crippen molar-refractivity contribution in [2.75, 3.05) is 18.4 Å². The van der Waals surface area contributed by atoms with E-state index in [9.17, 15) is 4.79 Å². The van der Waals surface area contributed by atoms with E-state index in [2.05, 4.69) is 19.2 Å². The number of rotatable bonds is 15. The summed E-state index contributed by atoms with van der Waals surface area (Å²) in [6.45, 7) is 8.13. The number of aryl methyl sites for hydroxylation is 1. The third-order valence-corrected chi connectivity index (χ3v) is 5.68. The van der Waals surface area contributed by atoms with Crippen LogP contribution >= 0.6 is 11.6 Å². The number of carbonyl (C=O) groups excluding carboxylic acids is 1. The summed E-state index contributed by atoms with van der Waals surface area (Å²) in [6, 6.07) is 5.71. The second kappa shape index (κ2) is 15.7. The maximum Gasteiger partial charge on any atom is 0.321 e. The SMILES string of the molecule is CCCCCCCCN(CCCCCCCC)C(=O)Nc1ccc(C)c(Cl)c1. The molecule has 0 aliphatic carbocycles. The third kappa shape index (κ3) is 10.9. The van der Waals surface area contributed by atoms with Crippen LogP contribution in [0.2, 0.25) is 5.02 Å². The van der Waals surface area contributed by atoms with E-state index in [-0.39, 0.29) is 6.03 Å². The van der Waals surface area contributed by atoms with Gasteiger partial charge in [-0.1, -0.05) is 95.7 Å². The van der Waals surface area contributed by atoms with E-state index in [4.69, 9.17) is 11.6 Å². The average molecular weight is 409 g/mol. The molecule has 0 aliphatic heterocycles. The Balaban J connectivity index is 2.48. The van der Waals surface area contributed by atoms with E-state index in [0.29, 0.717) is 5.02 Å². The molecule has 0 unspecified atom stereocenters. The molecule has 0 aliphatic rings. The summed E-state index contributed by atoms with van der Waals surface area (Å²) in [4.78, 5) is 14.8. The second-order valence-corrected chi connectivity index (χ2v) is 8.32. The summed E-state index contributed by atoms with van der Waals surface area (Å²) in [7, 11) is 0. The van der Waals surface area contributed by atoms with Crippen molar-refractivity contribution < 1.29 is 4.79 Å². The molecule has 0 heterocycles. The molecule has 4 heteroatoms. The molecule has 1 N–H and O–H groups in total. The molecule has 0 saturated carbocycles. The molecule has 0 bridgehead atoms. The molecule has 0 aromatic heterocycles. The Morgan fingerprint density at radius 2 is 1.36 bits per heavy atom. The van der Waals surface area contributed by atoms with Crippen LogP contribution in [-0.4, -0.2) is 24.0 Å². The molecule has 1 aromatic rings. The Hall–Kier alpha value is -1.22. The van der Waals surface area contributed by atoms with Crippen LogP contribution < -0.4 is 5.32 Å². The largest absolute Gasteiger partial charge is 0.325 e. The monoisotopic (exact) mass is 408 g/mol. The van der Waals surface area contributed by atoms with Crippen LogP contribution in [0, 0.1) is 6.92 Å². The van der Waals surface area contributed by atoms with Crippen molar-refractivity contribution in [3.63, 3.8) is 0 Å². The number of hydrogen-bond donors (Lipinski definition) is 1. The summed E-state index contributed by atoms with van der Waals surface area (Å²) in [5.74, 6) is 0. The summed E-state index contributed by atoms with van der Waals surface area (Å²) in [5.41, 5.74) is 1.80. The van der Waals surface area contributed by atoms with Gasteiger partial charge in [0.2, 0.25) is 0 Å². The van der Waals surface area contributed by atoms with Gasteiger partial charge in [-0.25, -0.2) is 4.79 Å². The Kier molecular flexibility index (Phi) is 13.9. The number of benzene rings is 1. The zero-order chi connectivity index (χ0) is 20.6. The second-order valence-electron chi connectivity index (χ2n) is 7.92. The van der Waals surface area contributed by atoms with Gasteiger partial charge in [0.25, 0.3) is 0 Å². The van der Waals surface area contributed by atoms with Crippen LogP contribution in [0.1, 0.15) is 96.5 Å². The standard InChI is InChI=1S/C24H41ClN2O/c1-4-6-8-10-12-14-18-27(19-15-13-11-9-7-5-2)24(28)26-22-17-16-21(3)23(25)20-22/h16-17,20H,4-15,18-19H2,1-3H3,(H,26,28). The molecule has 0 spiro atoms. The summed E-state index contributed by atoms with van der Waals surface area (Å²) >= 11 is 6.20. The van der Waals surface area contributed by atoms with Crippen LogP contribution in [0.3, 0.4) is 0 Å². The number of nitrogens with zero attached hydrogens (tertiary/aromatic N) is 1. The van der Waals surface area contributed by atoms with Crippen LogP contribution in [0.5, 0.6) is 0 Å². The molecule has 28 heavy (non-hydrogen) atoms. The van der Waals surface area contributed by atoms with Gasteiger partial charge in [0, 0.05) is 23.8 Å². The van der Waals surface area contributed by atoms with Crippen molar-refractivity contribution in [1.82, 2.24) is 4.90 Å². The first kappa shape index (κ1) is 24.8. The predicted molar refractivity (Wildman–Crippen MR) is 124 cm³/mol. The van der Waals surface area contributed by atoms with E-state index in [1.165, 1.54) is 64.2 Å². The van der Waals surface area contributed by atoms with Crippen LogP contribution in [0.15, 0.2) is 18.2 Å². The molecule has 0 saturated heterocycles. The minimum absolute atomic E-state index is 0.00189. The first-order chi connectivity index (χ1) is 13.6. The Bertz CT molecular complexity index is 531. The lowest BCUT2D eigenvalue weighted by Gasteiger charge is -2.23. The highest BCUT2D eigenvalue weighted by Crippen LogP contribution is 2.20. The van der Waals surface area contributed by atoms with Gasteiger partial charge in [0.1, 0.15) is 0 Å². The van der Waals surface area contributed by atoms with E-state index in [1.54, 1.807) is 0 Å². The molecule has 3 nitrogen and oxygen atoms in total. The lowest BCUT2D eigenvalue weighted by molar-refractivity contribution is 0.209. The number of unbranched alkanes of at least 4 members (excludes halogenated alkanes) is 10. The molecule has 0 fully saturated rings. The highest BCUT2D eigenvalue weighted by molar-refractivity contribution is 6.31. The molecule has 0 atom stereocenters. The molecular formula is C24H41ClN2O. The minimum Gasteiger partial charge on any atom is -0.325 e. The lowest BCUT2D eigenvalue weighted by atomic mass is 10.1. The number of anilines is 1. The topological polar surface area (TPSA) is 32.3 Å². The predicted octanol–water partition coefficient (Wildman–Crippen LogP) is 8.20. The first-order valence-electron chi connectivity index (χ1n) is 11.4. The van der Waals surface area contributed by atoms with Crippen LogP contribution in [0.25, 0.3) is 0 Å². The summed E-state index contributed by atoms with van der Waals surface area (Å²) in [6.07, 6.45) is 14.9. The average Bonchev–Trinajstić information content (AvgIpc) is 2.68. The molecular weight excluding hydrogens is 368 g/mol. The maximum atomic E-state index is 12.8. The number of carbonyl (C=O) groups is 1. The number of amides is 2. The van der Waals surface area contributed by atoms with Gasteiger partial charge in [-0.05, 0) is 37.5 Å². The van der Waals surface area contributed by atoms with Crippen molar-refractivity contribution in [1.29, 1.82) is 0 Å². The Labute approximate surface area is 178 Å². The number of nitrogens with one attached hydrogen (secondary N) is 1. The van der Waals surface area contributed by atoms with Gasteiger partial charge in [-0.2, -0.15) is 0 Å². The summed E-state index contributed by atoms with van der Waals surface area (Å²) in [5, 5.41) is 3.73. The van der Waals surface area contributed by atoms with Crippen molar-refractivity contribution in [2.24, 2.45) is 0 Å². The van der Waals surface area contributed by atoms with Gasteiger partial charge >= 0.3 is 6.03 Å². The summed E-state index contributed by atoms with van der Waals surface area (Å²) < 4.78 is 0. The lowest BCUT2D eigenvalue weighted by Crippen LogP contribution is -2.36. The smallest absolute Gasteiger partial charge is 0.321 e. The molecule has 2 amide bonds. The van der Waals surface area contributed by atoms with E-state index >= 15 is 0 Å². The maximum absolute atomic E-state index is 12.8. The molecule has 1 rings (SSSR count). The van der Waals surface area contributed by atoms with Gasteiger partial charge in [-0.15, -0.1) is 0 Å². The zero-order valence-corrected chi connectivity index (χ0v) is 19.1. The van der Waals surface area contributed by atoms with Gasteiger partial charge < -0.3 is 10.2 Å². The van der Waals surface area contributed by atoms with Crippen molar-refractivity contribution in [2.45, 2.75) is 97.8 Å². The number of halogens is 1. The van der Waals surface area contributed by atoms with Crippen molar-refractivity contribution in [3.8, 4) is 0 Å². The van der Waals surface area contributed by atoms with E-state index in [1.807, 2.05) is 30.0 Å². The number of hydrogen-bond acceptors (Lipinski definition) is 1. The fourth-order valence-electron chi connectivity index (χ4n) is 3.35. The van der Waals surface area contributed by atoms with Crippen molar-refractivity contribution in [3.05, 3.63) is 28.8 Å². The fraction of sp³-hybridized carbons (Fsp3) is 0.708. The van der Waals surface area contributed by atoms with Crippen molar-refractivity contribution >= 4 is 23.3 Å². The molecule has 160 valence electrons. The van der Waals surface area contributed by atoms with Crippen LogP contribution in [0.4, 0.5) is 10.5 Å². The first-order valence-corrected chi connectivity index (χ1v) is 11.8.